The van der Waals surface area contributed by atoms with E-state index in [1.54, 1.807) is 14.0 Å². The van der Waals surface area contributed by atoms with E-state index in [-0.39, 0.29) is 5.57 Å². The molecule has 0 aromatic heterocycles. The average molecular weight is 500 g/mol. The average Bonchev–Trinajstić information content (AvgIpc) is 2.72. The van der Waals surface area contributed by atoms with Gasteiger partial charge >= 0.3 is 0 Å². The van der Waals surface area contributed by atoms with Gasteiger partial charge in [-0.3, -0.25) is 19.4 Å². The summed E-state index contributed by atoms with van der Waals surface area (Å²) in [5, 5.41) is 39.0. The molecule has 0 saturated carbocycles. The summed E-state index contributed by atoms with van der Waals surface area (Å²) in [5.41, 5.74) is 4.24. The first kappa shape index (κ1) is 31.7. The highest BCUT2D eigenvalue weighted by atomic mass is 16.5. The standard InChI is InChI=1S/C25H38B2N2O7/c1-15(2)12-21-13-17(4)20(14-22(21)36-7)9-8-16(3)18(5)23(31)29(25(27,34)35)11-10-28(19(6)30)24(26,32)33/h13-15,32-35H,8-12H2,1-7H3/b18-16-. The van der Waals surface area contributed by atoms with Gasteiger partial charge in [0, 0.05) is 25.6 Å². The van der Waals surface area contributed by atoms with E-state index < -0.39 is 36.5 Å². The van der Waals surface area contributed by atoms with E-state index in [9.17, 15) is 30.0 Å². The van der Waals surface area contributed by atoms with Gasteiger partial charge in [-0.15, -0.1) is 0 Å². The molecule has 1 aromatic carbocycles. The van der Waals surface area contributed by atoms with Gasteiger partial charge in [-0.1, -0.05) is 25.5 Å². The predicted octanol–water partition coefficient (Wildman–Crippen LogP) is 0.677. The number of amides is 2. The van der Waals surface area contributed by atoms with Crippen LogP contribution in [0.4, 0.5) is 0 Å². The van der Waals surface area contributed by atoms with Gasteiger partial charge < -0.3 is 25.2 Å². The van der Waals surface area contributed by atoms with Gasteiger partial charge in [-0.2, -0.15) is 0 Å². The summed E-state index contributed by atoms with van der Waals surface area (Å²) in [6, 6.07) is 4.13. The van der Waals surface area contributed by atoms with Crippen molar-refractivity contribution in [3.8, 4) is 5.75 Å². The zero-order valence-corrected chi connectivity index (χ0v) is 22.3. The molecule has 196 valence electrons. The molecule has 9 nitrogen and oxygen atoms in total. The second kappa shape index (κ2) is 12.8. The van der Waals surface area contributed by atoms with Gasteiger partial charge in [0.1, 0.15) is 5.75 Å². The van der Waals surface area contributed by atoms with Crippen LogP contribution in [-0.4, -0.2) is 89.6 Å². The minimum atomic E-state index is -3.06. The van der Waals surface area contributed by atoms with Crippen molar-refractivity contribution in [3.63, 3.8) is 0 Å². The minimum Gasteiger partial charge on any atom is -0.496 e. The summed E-state index contributed by atoms with van der Waals surface area (Å²) >= 11 is 0. The van der Waals surface area contributed by atoms with E-state index in [0.717, 1.165) is 35.8 Å². The van der Waals surface area contributed by atoms with Crippen LogP contribution in [0.1, 0.15) is 57.7 Å². The smallest absolute Gasteiger partial charge is 0.252 e. The number of methoxy groups -OCH3 is 1. The van der Waals surface area contributed by atoms with Gasteiger partial charge in [0.15, 0.2) is 27.3 Å². The molecule has 0 spiro atoms. The van der Waals surface area contributed by atoms with Crippen LogP contribution in [0, 0.1) is 12.8 Å². The van der Waals surface area contributed by atoms with Crippen LogP contribution >= 0.6 is 0 Å². The second-order valence-corrected chi connectivity index (χ2v) is 9.60. The van der Waals surface area contributed by atoms with E-state index >= 15 is 0 Å². The molecular formula is C25H38B2N2O7. The van der Waals surface area contributed by atoms with Gasteiger partial charge in [0.05, 0.1) is 7.11 Å². The molecule has 0 aliphatic carbocycles. The number of hydrogen-bond donors (Lipinski definition) is 4. The summed E-state index contributed by atoms with van der Waals surface area (Å²) in [6.45, 7) is 9.60. The molecule has 0 bridgehead atoms. The zero-order chi connectivity index (χ0) is 28.0. The lowest BCUT2D eigenvalue weighted by molar-refractivity contribution is -0.217. The lowest BCUT2D eigenvalue weighted by atomic mass is 9.93. The third-order valence-electron chi connectivity index (χ3n) is 6.06. The Morgan fingerprint density at radius 1 is 0.972 bits per heavy atom. The van der Waals surface area contributed by atoms with E-state index in [4.69, 9.17) is 20.4 Å². The van der Waals surface area contributed by atoms with E-state index in [1.165, 1.54) is 6.92 Å². The first-order chi connectivity index (χ1) is 16.4. The molecule has 0 heterocycles. The second-order valence-electron chi connectivity index (χ2n) is 9.60. The number of ether oxygens (including phenoxy) is 1. The van der Waals surface area contributed by atoms with Gasteiger partial charge in [-0.05, 0) is 68.7 Å². The Kier molecular flexibility index (Phi) is 11.2. The molecule has 1 rings (SSSR count). The molecule has 4 radical (unpaired) electrons. The van der Waals surface area contributed by atoms with E-state index in [0.29, 0.717) is 34.1 Å². The van der Waals surface area contributed by atoms with Crippen molar-refractivity contribution in [1.29, 1.82) is 0 Å². The Morgan fingerprint density at radius 3 is 1.94 bits per heavy atom. The number of allylic oxidation sites excluding steroid dienone is 1. The fourth-order valence-corrected chi connectivity index (χ4v) is 3.91. The quantitative estimate of drug-likeness (QED) is 0.189. The number of rotatable bonds is 12. The SMILES string of the molecule is [B]C(O)(O)N(CCN(C(=O)/C(C)=C(/C)CCc1cc(OC)c(CC(C)C)cc1C)C([B])(O)O)C(C)=O. The number of hydrogen-bond acceptors (Lipinski definition) is 7. The van der Waals surface area contributed by atoms with Crippen LogP contribution in [0.15, 0.2) is 23.3 Å². The van der Waals surface area contributed by atoms with Crippen molar-refractivity contribution in [2.75, 3.05) is 20.2 Å². The highest BCUT2D eigenvalue weighted by Crippen LogP contribution is 2.28. The molecular weight excluding hydrogens is 462 g/mol. The Bertz CT molecular complexity index is 966. The van der Waals surface area contributed by atoms with Crippen LogP contribution in [0.2, 0.25) is 0 Å². The highest BCUT2D eigenvalue weighted by Gasteiger charge is 2.34. The number of aryl methyl sites for hydroxylation is 2. The monoisotopic (exact) mass is 500 g/mol. The molecule has 4 N–H and O–H groups in total. The summed E-state index contributed by atoms with van der Waals surface area (Å²) in [5.74, 6) is -6.34. The number of benzene rings is 1. The molecule has 11 heteroatoms. The van der Waals surface area contributed by atoms with Crippen LogP contribution in [0.3, 0.4) is 0 Å². The van der Waals surface area contributed by atoms with Crippen molar-refractivity contribution in [2.24, 2.45) is 5.92 Å². The molecule has 2 amide bonds. The maximum absolute atomic E-state index is 13.1. The third-order valence-corrected chi connectivity index (χ3v) is 6.06. The van der Waals surface area contributed by atoms with Crippen molar-refractivity contribution < 1.29 is 34.8 Å². The highest BCUT2D eigenvalue weighted by molar-refractivity contribution is 6.15. The van der Waals surface area contributed by atoms with Crippen molar-refractivity contribution >= 4 is 27.5 Å². The van der Waals surface area contributed by atoms with Crippen LogP contribution in [0.25, 0.3) is 0 Å². The minimum absolute atomic E-state index is 0.232. The fourth-order valence-electron chi connectivity index (χ4n) is 3.91. The van der Waals surface area contributed by atoms with E-state index in [2.05, 4.69) is 19.9 Å². The number of aliphatic hydroxyl groups is 4. The lowest BCUT2D eigenvalue weighted by Gasteiger charge is -2.38. The third kappa shape index (κ3) is 8.96. The normalized spacial score (nSPS) is 12.9. The fraction of sp³-hybridized carbons (Fsp3) is 0.600. The zero-order valence-electron chi connectivity index (χ0n) is 22.3. The Morgan fingerprint density at radius 2 is 1.50 bits per heavy atom. The molecule has 0 aliphatic heterocycles. The van der Waals surface area contributed by atoms with Crippen molar-refractivity contribution in [3.05, 3.63) is 40.0 Å². The van der Waals surface area contributed by atoms with Gasteiger partial charge in [0.25, 0.3) is 5.91 Å². The topological polar surface area (TPSA) is 131 Å². The number of carbonyl (C=O) groups is 2. The van der Waals surface area contributed by atoms with Gasteiger partial charge in [0.2, 0.25) is 5.91 Å². The van der Waals surface area contributed by atoms with Gasteiger partial charge in [-0.25, -0.2) is 0 Å². The molecule has 36 heavy (non-hydrogen) atoms. The molecule has 0 aliphatic rings. The largest absolute Gasteiger partial charge is 0.496 e. The van der Waals surface area contributed by atoms with E-state index in [1.807, 2.05) is 13.0 Å². The summed E-state index contributed by atoms with van der Waals surface area (Å²) in [6.07, 6.45) is 2.02. The molecule has 0 unspecified atom stereocenters. The first-order valence-electron chi connectivity index (χ1n) is 11.8. The Labute approximate surface area is 216 Å². The molecule has 0 atom stereocenters. The lowest BCUT2D eigenvalue weighted by Crippen LogP contribution is -2.58. The summed E-state index contributed by atoms with van der Waals surface area (Å²) in [7, 11) is 12.2. The number of nitrogens with zero attached hydrogens (tertiary/aromatic N) is 2. The maximum Gasteiger partial charge on any atom is 0.252 e. The van der Waals surface area contributed by atoms with Crippen molar-refractivity contribution in [2.45, 2.75) is 72.4 Å². The molecule has 0 fully saturated rings. The summed E-state index contributed by atoms with van der Waals surface area (Å²) < 4.78 is 5.58. The number of carbonyl (C=O) groups excluding carboxylic acids is 2. The first-order valence-corrected chi connectivity index (χ1v) is 11.8. The Hall–Kier alpha value is -2.33. The molecule has 0 saturated heterocycles. The van der Waals surface area contributed by atoms with Crippen LogP contribution in [-0.2, 0) is 22.4 Å². The summed E-state index contributed by atoms with van der Waals surface area (Å²) in [4.78, 5) is 25.7. The Balaban J connectivity index is 3.10. The van der Waals surface area contributed by atoms with Crippen LogP contribution < -0.4 is 4.74 Å². The maximum atomic E-state index is 13.1. The van der Waals surface area contributed by atoms with Crippen molar-refractivity contribution in [1.82, 2.24) is 9.80 Å². The van der Waals surface area contributed by atoms with Crippen LogP contribution in [0.5, 0.6) is 5.75 Å². The molecule has 1 aromatic rings. The predicted molar refractivity (Wildman–Crippen MR) is 138 cm³/mol.